The number of hydrogen-bond donors (Lipinski definition) is 1. The minimum absolute atomic E-state index is 0.314. The minimum Gasteiger partial charge on any atom is -0.493 e. The van der Waals surface area contributed by atoms with E-state index in [1.807, 2.05) is 30.3 Å². The van der Waals surface area contributed by atoms with Crippen molar-refractivity contribution in [1.29, 1.82) is 0 Å². The first kappa shape index (κ1) is 15.3. The number of nitrogens with two attached hydrogens (primary N) is 1. The lowest BCUT2D eigenvalue weighted by molar-refractivity contribution is 0.116. The third-order valence-corrected chi connectivity index (χ3v) is 3.08. The molecule has 2 aromatic rings. The maximum atomic E-state index is 12.6. The van der Waals surface area contributed by atoms with Gasteiger partial charge in [-0.25, -0.2) is 8.78 Å². The first-order valence-electron chi connectivity index (χ1n) is 6.50. The summed E-state index contributed by atoms with van der Waals surface area (Å²) in [4.78, 5) is 0. The van der Waals surface area contributed by atoms with Crippen molar-refractivity contribution in [1.82, 2.24) is 0 Å². The monoisotopic (exact) mass is 293 g/mol. The van der Waals surface area contributed by atoms with Gasteiger partial charge in [0.15, 0.2) is 11.5 Å². The third kappa shape index (κ3) is 3.92. The van der Waals surface area contributed by atoms with Crippen LogP contribution in [0.2, 0.25) is 0 Å². The number of ether oxygens (including phenoxy) is 2. The van der Waals surface area contributed by atoms with Crippen LogP contribution in [0.15, 0.2) is 48.5 Å². The van der Waals surface area contributed by atoms with Crippen molar-refractivity contribution in [2.45, 2.75) is 19.1 Å². The van der Waals surface area contributed by atoms with Crippen molar-refractivity contribution in [3.8, 4) is 11.5 Å². The molecular weight excluding hydrogens is 276 g/mol. The molecule has 0 amide bonds. The number of halogens is 2. The van der Waals surface area contributed by atoms with E-state index in [-0.39, 0.29) is 0 Å². The zero-order valence-corrected chi connectivity index (χ0v) is 11.6. The summed E-state index contributed by atoms with van der Waals surface area (Å²) in [5.74, 6) is 0.881. The predicted octanol–water partition coefficient (Wildman–Crippen LogP) is 3.54. The summed E-state index contributed by atoms with van der Waals surface area (Å²) in [6, 6.07) is 12.9. The van der Waals surface area contributed by atoms with E-state index >= 15 is 0 Å². The second kappa shape index (κ2) is 7.04. The van der Waals surface area contributed by atoms with Crippen LogP contribution in [0.3, 0.4) is 0 Å². The highest BCUT2D eigenvalue weighted by Crippen LogP contribution is 2.31. The summed E-state index contributed by atoms with van der Waals surface area (Å²) < 4.78 is 36.1. The Kier molecular flexibility index (Phi) is 5.11. The van der Waals surface area contributed by atoms with Crippen molar-refractivity contribution in [3.05, 3.63) is 59.7 Å². The lowest BCUT2D eigenvalue weighted by atomic mass is 10.1. The smallest absolute Gasteiger partial charge is 0.257 e. The van der Waals surface area contributed by atoms with E-state index in [1.165, 1.54) is 19.2 Å². The molecule has 0 saturated carbocycles. The Morgan fingerprint density at radius 3 is 2.38 bits per heavy atom. The van der Waals surface area contributed by atoms with Crippen LogP contribution < -0.4 is 15.2 Å². The molecule has 0 heterocycles. The van der Waals surface area contributed by atoms with Gasteiger partial charge in [0.2, 0.25) is 0 Å². The number of methoxy groups -OCH3 is 1. The van der Waals surface area contributed by atoms with E-state index in [0.717, 1.165) is 5.56 Å². The molecule has 2 N–H and O–H groups in total. The van der Waals surface area contributed by atoms with Crippen LogP contribution in [-0.2, 0) is 6.61 Å². The average molecular weight is 293 g/mol. The Bertz CT molecular complexity index is 576. The Balaban J connectivity index is 2.13. The zero-order valence-electron chi connectivity index (χ0n) is 11.6. The van der Waals surface area contributed by atoms with Gasteiger partial charge in [-0.2, -0.15) is 0 Å². The molecule has 1 atom stereocenters. The molecule has 2 aromatic carbocycles. The number of rotatable bonds is 6. The Morgan fingerprint density at radius 1 is 1.05 bits per heavy atom. The van der Waals surface area contributed by atoms with Crippen LogP contribution in [-0.4, -0.2) is 13.5 Å². The van der Waals surface area contributed by atoms with E-state index in [2.05, 4.69) is 0 Å². The molecule has 3 nitrogen and oxygen atoms in total. The van der Waals surface area contributed by atoms with Gasteiger partial charge < -0.3 is 15.2 Å². The molecule has 112 valence electrons. The van der Waals surface area contributed by atoms with Gasteiger partial charge in [-0.15, -0.1) is 0 Å². The highest BCUT2D eigenvalue weighted by molar-refractivity contribution is 5.44. The molecule has 2 rings (SSSR count). The Hall–Kier alpha value is -2.14. The SMILES string of the molecule is COc1cc([C@H](N)C(F)F)ccc1OCc1ccccc1. The first-order valence-corrected chi connectivity index (χ1v) is 6.50. The van der Waals surface area contributed by atoms with Gasteiger partial charge in [-0.3, -0.25) is 0 Å². The molecule has 0 bridgehead atoms. The highest BCUT2D eigenvalue weighted by atomic mass is 19.3. The number of benzene rings is 2. The van der Waals surface area contributed by atoms with Gasteiger partial charge in [-0.1, -0.05) is 36.4 Å². The van der Waals surface area contributed by atoms with Crippen LogP contribution in [0.5, 0.6) is 11.5 Å². The van der Waals surface area contributed by atoms with Gasteiger partial charge in [0.05, 0.1) is 13.2 Å². The molecule has 0 radical (unpaired) electrons. The number of alkyl halides is 2. The molecular formula is C16H17F2NO2. The van der Waals surface area contributed by atoms with Crippen LogP contribution in [0.1, 0.15) is 17.2 Å². The molecule has 0 saturated heterocycles. The molecule has 0 fully saturated rings. The Morgan fingerprint density at radius 2 is 1.76 bits per heavy atom. The van der Waals surface area contributed by atoms with Crippen molar-refractivity contribution in [3.63, 3.8) is 0 Å². The van der Waals surface area contributed by atoms with Gasteiger partial charge in [0.1, 0.15) is 6.61 Å². The van der Waals surface area contributed by atoms with Crippen LogP contribution in [0, 0.1) is 0 Å². The summed E-state index contributed by atoms with van der Waals surface area (Å²) in [5.41, 5.74) is 6.75. The topological polar surface area (TPSA) is 44.5 Å². The normalized spacial score (nSPS) is 12.2. The van der Waals surface area contributed by atoms with E-state index in [0.29, 0.717) is 23.7 Å². The van der Waals surface area contributed by atoms with Crippen molar-refractivity contribution >= 4 is 0 Å². The third-order valence-electron chi connectivity index (χ3n) is 3.08. The second-order valence-electron chi connectivity index (χ2n) is 4.54. The summed E-state index contributed by atoms with van der Waals surface area (Å²) in [5, 5.41) is 0. The van der Waals surface area contributed by atoms with Gasteiger partial charge in [-0.05, 0) is 23.3 Å². The van der Waals surface area contributed by atoms with Crippen molar-refractivity contribution in [2.24, 2.45) is 5.73 Å². The Labute approximate surface area is 122 Å². The summed E-state index contributed by atoms with van der Waals surface area (Å²) in [6.07, 6.45) is -2.62. The summed E-state index contributed by atoms with van der Waals surface area (Å²) >= 11 is 0. The minimum atomic E-state index is -2.62. The van der Waals surface area contributed by atoms with Crippen molar-refractivity contribution < 1.29 is 18.3 Å². The van der Waals surface area contributed by atoms with Crippen molar-refractivity contribution in [2.75, 3.05) is 7.11 Å². The molecule has 0 aliphatic rings. The fraction of sp³-hybridized carbons (Fsp3) is 0.250. The van der Waals surface area contributed by atoms with E-state index < -0.39 is 12.5 Å². The maximum Gasteiger partial charge on any atom is 0.257 e. The molecule has 0 aliphatic heterocycles. The van der Waals surface area contributed by atoms with E-state index in [4.69, 9.17) is 15.2 Å². The predicted molar refractivity (Wildman–Crippen MR) is 76.7 cm³/mol. The lowest BCUT2D eigenvalue weighted by Crippen LogP contribution is -2.18. The largest absolute Gasteiger partial charge is 0.493 e. The standard InChI is InChI=1S/C16H17F2NO2/c1-20-14-9-12(15(19)16(17)18)7-8-13(14)21-10-11-5-3-2-4-6-11/h2-9,15-16H,10,19H2,1H3/t15-/m0/s1. The van der Waals surface area contributed by atoms with Gasteiger partial charge in [0.25, 0.3) is 6.43 Å². The lowest BCUT2D eigenvalue weighted by Gasteiger charge is -2.15. The van der Waals surface area contributed by atoms with Crippen LogP contribution >= 0.6 is 0 Å². The van der Waals surface area contributed by atoms with Gasteiger partial charge in [0, 0.05) is 0 Å². The van der Waals surface area contributed by atoms with E-state index in [1.54, 1.807) is 6.07 Å². The molecule has 0 aromatic heterocycles. The molecule has 0 unspecified atom stereocenters. The zero-order chi connectivity index (χ0) is 15.2. The molecule has 0 aliphatic carbocycles. The molecule has 21 heavy (non-hydrogen) atoms. The average Bonchev–Trinajstić information content (AvgIpc) is 2.53. The van der Waals surface area contributed by atoms with Crippen LogP contribution in [0.25, 0.3) is 0 Å². The summed E-state index contributed by atoms with van der Waals surface area (Å²) in [6.45, 7) is 0.372. The fourth-order valence-corrected chi connectivity index (χ4v) is 1.89. The fourth-order valence-electron chi connectivity index (χ4n) is 1.89. The quantitative estimate of drug-likeness (QED) is 0.886. The molecule has 5 heteroatoms. The second-order valence-corrected chi connectivity index (χ2v) is 4.54. The maximum absolute atomic E-state index is 12.6. The molecule has 0 spiro atoms. The number of hydrogen-bond acceptors (Lipinski definition) is 3. The van der Waals surface area contributed by atoms with Crippen LogP contribution in [0.4, 0.5) is 8.78 Å². The van der Waals surface area contributed by atoms with E-state index in [9.17, 15) is 8.78 Å². The highest BCUT2D eigenvalue weighted by Gasteiger charge is 2.19. The first-order chi connectivity index (χ1) is 10.1. The van der Waals surface area contributed by atoms with Gasteiger partial charge >= 0.3 is 0 Å². The summed E-state index contributed by atoms with van der Waals surface area (Å²) in [7, 11) is 1.46.